The molecular weight excluding hydrogens is 274 g/mol. The Bertz CT molecular complexity index is 453. The molecule has 6 heteroatoms. The molecule has 0 aliphatic heterocycles. The monoisotopic (exact) mass is 289 g/mol. The lowest BCUT2D eigenvalue weighted by Crippen LogP contribution is -2.22. The smallest absolute Gasteiger partial charge is 0.185 e. The van der Waals surface area contributed by atoms with Crippen molar-refractivity contribution >= 4 is 34.2 Å². The third-order valence-electron chi connectivity index (χ3n) is 2.60. The van der Waals surface area contributed by atoms with E-state index in [1.54, 1.807) is 19.1 Å². The van der Waals surface area contributed by atoms with Gasteiger partial charge in [0.2, 0.25) is 0 Å². The molecule has 100 valence electrons. The Morgan fingerprint density at radius 1 is 1.50 bits per heavy atom. The maximum Gasteiger partial charge on any atom is 0.185 e. The number of thioether (sulfide) groups is 1. The number of benzene rings is 1. The molecule has 0 saturated heterocycles. The van der Waals surface area contributed by atoms with Crippen molar-refractivity contribution in [3.05, 3.63) is 28.3 Å². The molecule has 18 heavy (non-hydrogen) atoms. The number of hydrogen-bond donors (Lipinski definition) is 3. The third kappa shape index (κ3) is 3.62. The van der Waals surface area contributed by atoms with Crippen LogP contribution in [-0.2, 0) is 4.79 Å². The van der Waals surface area contributed by atoms with Gasteiger partial charge in [-0.25, -0.2) is 0 Å². The van der Waals surface area contributed by atoms with Crippen LogP contribution in [0.2, 0.25) is 5.02 Å². The van der Waals surface area contributed by atoms with Gasteiger partial charge in [-0.1, -0.05) is 29.4 Å². The molecule has 1 aromatic rings. The van der Waals surface area contributed by atoms with E-state index in [2.05, 4.69) is 0 Å². The van der Waals surface area contributed by atoms with Gasteiger partial charge in [0.1, 0.15) is 6.10 Å². The van der Waals surface area contributed by atoms with E-state index < -0.39 is 12.2 Å². The van der Waals surface area contributed by atoms with E-state index in [9.17, 15) is 15.0 Å². The molecular formula is C12H16ClNO3S. The number of nitrogens with two attached hydrogens (primary N) is 1. The van der Waals surface area contributed by atoms with Gasteiger partial charge in [-0.15, -0.1) is 0 Å². The molecule has 1 rings (SSSR count). The zero-order chi connectivity index (χ0) is 13.9. The van der Waals surface area contributed by atoms with Crippen LogP contribution in [0.25, 0.3) is 0 Å². The standard InChI is InChI=1S/C12H16ClNO3S/c1-6-9(14)4-3-8(11(6)13)12(17)10(16)5-18-7(2)15/h3-4,10,12,16-17H,5,14H2,1-2H3. The van der Waals surface area contributed by atoms with Crippen LogP contribution in [0.5, 0.6) is 0 Å². The average molecular weight is 290 g/mol. The fraction of sp³-hybridized carbons (Fsp3) is 0.417. The van der Waals surface area contributed by atoms with Crippen molar-refractivity contribution in [1.29, 1.82) is 0 Å². The first-order valence-corrected chi connectivity index (χ1v) is 6.75. The Labute approximate surface area is 115 Å². The van der Waals surface area contributed by atoms with E-state index in [1.807, 2.05) is 0 Å². The molecule has 2 atom stereocenters. The highest BCUT2D eigenvalue weighted by Crippen LogP contribution is 2.32. The molecule has 0 aromatic heterocycles. The number of aliphatic hydroxyl groups excluding tert-OH is 2. The van der Waals surface area contributed by atoms with Gasteiger partial charge in [0, 0.05) is 23.9 Å². The molecule has 0 heterocycles. The summed E-state index contributed by atoms with van der Waals surface area (Å²) in [6.07, 6.45) is -2.19. The van der Waals surface area contributed by atoms with Gasteiger partial charge < -0.3 is 15.9 Å². The molecule has 0 radical (unpaired) electrons. The number of nitrogen functional groups attached to an aromatic ring is 1. The second kappa shape index (κ2) is 6.43. The minimum atomic E-state index is -1.14. The number of anilines is 1. The number of hydrogen-bond acceptors (Lipinski definition) is 5. The largest absolute Gasteiger partial charge is 0.398 e. The van der Waals surface area contributed by atoms with Gasteiger partial charge in [-0.2, -0.15) is 0 Å². The zero-order valence-corrected chi connectivity index (χ0v) is 11.8. The lowest BCUT2D eigenvalue weighted by molar-refractivity contribution is -0.109. The summed E-state index contributed by atoms with van der Waals surface area (Å²) < 4.78 is 0. The number of rotatable bonds is 4. The Morgan fingerprint density at radius 2 is 2.11 bits per heavy atom. The minimum absolute atomic E-state index is 0.110. The molecule has 0 amide bonds. The fourth-order valence-electron chi connectivity index (χ4n) is 1.45. The highest BCUT2D eigenvalue weighted by Gasteiger charge is 2.22. The SMILES string of the molecule is CC(=O)SCC(O)C(O)c1ccc(N)c(C)c1Cl. The van der Waals surface area contributed by atoms with Crippen molar-refractivity contribution in [2.24, 2.45) is 0 Å². The van der Waals surface area contributed by atoms with Crippen LogP contribution in [0, 0.1) is 6.92 Å². The predicted molar refractivity (Wildman–Crippen MR) is 74.7 cm³/mol. The normalized spacial score (nSPS) is 14.3. The lowest BCUT2D eigenvalue weighted by atomic mass is 10.0. The van der Waals surface area contributed by atoms with Gasteiger partial charge in [0.15, 0.2) is 5.12 Å². The lowest BCUT2D eigenvalue weighted by Gasteiger charge is -2.19. The number of carbonyl (C=O) groups is 1. The maximum atomic E-state index is 10.8. The molecule has 1 aromatic carbocycles. The molecule has 0 aliphatic rings. The van der Waals surface area contributed by atoms with Crippen molar-refractivity contribution in [2.75, 3.05) is 11.5 Å². The summed E-state index contributed by atoms with van der Waals surface area (Å²) in [7, 11) is 0. The summed E-state index contributed by atoms with van der Waals surface area (Å²) in [6, 6.07) is 3.21. The molecule has 0 bridgehead atoms. The molecule has 0 fully saturated rings. The van der Waals surface area contributed by atoms with E-state index in [0.717, 1.165) is 11.8 Å². The third-order valence-corrected chi connectivity index (χ3v) is 4.02. The Hall–Kier alpha value is -0.750. The summed E-state index contributed by atoms with van der Waals surface area (Å²) >= 11 is 7.03. The van der Waals surface area contributed by atoms with E-state index in [0.29, 0.717) is 21.8 Å². The van der Waals surface area contributed by atoms with Crippen LogP contribution in [-0.4, -0.2) is 27.2 Å². The van der Waals surface area contributed by atoms with Gasteiger partial charge >= 0.3 is 0 Å². The molecule has 0 spiro atoms. The summed E-state index contributed by atoms with van der Waals surface area (Å²) in [5, 5.41) is 20.0. The number of aliphatic hydroxyl groups is 2. The summed E-state index contributed by atoms with van der Waals surface area (Å²) in [5.41, 5.74) is 7.30. The van der Waals surface area contributed by atoms with Crippen LogP contribution in [0.3, 0.4) is 0 Å². The van der Waals surface area contributed by atoms with E-state index in [1.165, 1.54) is 6.92 Å². The number of halogens is 1. The molecule has 0 saturated carbocycles. The van der Waals surface area contributed by atoms with Crippen molar-refractivity contribution in [3.63, 3.8) is 0 Å². The molecule has 4 N–H and O–H groups in total. The van der Waals surface area contributed by atoms with Gasteiger partial charge in [0.25, 0.3) is 0 Å². The van der Waals surface area contributed by atoms with Crippen molar-refractivity contribution in [1.82, 2.24) is 0 Å². The highest BCUT2D eigenvalue weighted by atomic mass is 35.5. The first-order valence-electron chi connectivity index (χ1n) is 5.38. The minimum Gasteiger partial charge on any atom is -0.398 e. The van der Waals surface area contributed by atoms with Crippen LogP contribution < -0.4 is 5.73 Å². The van der Waals surface area contributed by atoms with Crippen molar-refractivity contribution in [3.8, 4) is 0 Å². The summed E-state index contributed by atoms with van der Waals surface area (Å²) in [5.74, 6) is 0.121. The van der Waals surface area contributed by atoms with Crippen molar-refractivity contribution < 1.29 is 15.0 Å². The second-order valence-corrected chi connectivity index (χ2v) is 5.57. The van der Waals surface area contributed by atoms with Crippen LogP contribution >= 0.6 is 23.4 Å². The Morgan fingerprint density at radius 3 is 2.67 bits per heavy atom. The van der Waals surface area contributed by atoms with Gasteiger partial charge in [0.05, 0.1) is 11.1 Å². The first kappa shape index (κ1) is 15.3. The highest BCUT2D eigenvalue weighted by molar-refractivity contribution is 8.13. The second-order valence-electron chi connectivity index (χ2n) is 4.00. The fourth-order valence-corrected chi connectivity index (χ4v) is 2.32. The van der Waals surface area contributed by atoms with E-state index >= 15 is 0 Å². The van der Waals surface area contributed by atoms with Crippen LogP contribution in [0.1, 0.15) is 24.2 Å². The maximum absolute atomic E-state index is 10.8. The quantitative estimate of drug-likeness (QED) is 0.738. The van der Waals surface area contributed by atoms with Crippen LogP contribution in [0.15, 0.2) is 12.1 Å². The first-order chi connectivity index (χ1) is 8.34. The van der Waals surface area contributed by atoms with Gasteiger partial charge in [-0.3, -0.25) is 4.79 Å². The molecule has 0 aliphatic carbocycles. The number of carbonyl (C=O) groups excluding carboxylic acids is 1. The zero-order valence-electron chi connectivity index (χ0n) is 10.2. The Kier molecular flexibility index (Phi) is 5.47. The Balaban J connectivity index is 2.86. The van der Waals surface area contributed by atoms with E-state index in [4.69, 9.17) is 17.3 Å². The molecule has 4 nitrogen and oxygen atoms in total. The molecule has 2 unspecified atom stereocenters. The summed E-state index contributed by atoms with van der Waals surface area (Å²) in [6.45, 7) is 3.15. The topological polar surface area (TPSA) is 83.5 Å². The van der Waals surface area contributed by atoms with E-state index in [-0.39, 0.29) is 10.9 Å². The van der Waals surface area contributed by atoms with Crippen molar-refractivity contribution in [2.45, 2.75) is 26.1 Å². The predicted octanol–water partition coefficient (Wildman–Crippen LogP) is 1.90. The summed E-state index contributed by atoms with van der Waals surface area (Å²) in [4.78, 5) is 10.8. The van der Waals surface area contributed by atoms with Crippen LogP contribution in [0.4, 0.5) is 5.69 Å². The van der Waals surface area contributed by atoms with Gasteiger partial charge in [-0.05, 0) is 18.6 Å². The average Bonchev–Trinajstić information content (AvgIpc) is 2.32.